The first-order valence-corrected chi connectivity index (χ1v) is 7.28. The van der Waals surface area contributed by atoms with Gasteiger partial charge in [-0.3, -0.25) is 4.79 Å². The summed E-state index contributed by atoms with van der Waals surface area (Å²) in [5.74, 6) is 0.615. The first-order valence-electron chi connectivity index (χ1n) is 7.28. The molecule has 2 amide bonds. The van der Waals surface area contributed by atoms with E-state index in [2.05, 4.69) is 10.6 Å². The van der Waals surface area contributed by atoms with E-state index in [4.69, 9.17) is 9.47 Å². The predicted octanol–water partition coefficient (Wildman–Crippen LogP) is 2.10. The van der Waals surface area contributed by atoms with Crippen LogP contribution < -0.4 is 15.4 Å². The molecule has 0 aliphatic heterocycles. The van der Waals surface area contributed by atoms with E-state index in [0.717, 1.165) is 5.75 Å². The summed E-state index contributed by atoms with van der Waals surface area (Å²) in [5.41, 5.74) is -0.526. The van der Waals surface area contributed by atoms with Crippen LogP contribution in [-0.4, -0.2) is 37.3 Å². The molecule has 0 spiro atoms. The molecule has 122 valence electrons. The fourth-order valence-corrected chi connectivity index (χ4v) is 1.55. The van der Waals surface area contributed by atoms with Crippen LogP contribution in [0.5, 0.6) is 5.75 Å². The minimum atomic E-state index is -0.526. The van der Waals surface area contributed by atoms with Crippen molar-refractivity contribution in [3.05, 3.63) is 30.3 Å². The third-order valence-corrected chi connectivity index (χ3v) is 2.46. The highest BCUT2D eigenvalue weighted by molar-refractivity contribution is 5.76. The van der Waals surface area contributed by atoms with E-state index < -0.39 is 11.7 Å². The van der Waals surface area contributed by atoms with E-state index in [1.54, 1.807) is 20.8 Å². The van der Waals surface area contributed by atoms with Crippen molar-refractivity contribution in [2.75, 3.05) is 19.7 Å². The molecule has 1 aromatic rings. The molecule has 6 heteroatoms. The zero-order valence-electron chi connectivity index (χ0n) is 13.3. The number of rotatable bonds is 7. The van der Waals surface area contributed by atoms with E-state index >= 15 is 0 Å². The van der Waals surface area contributed by atoms with E-state index in [1.165, 1.54) is 0 Å². The monoisotopic (exact) mass is 308 g/mol. The molecule has 0 unspecified atom stereocenters. The molecule has 0 aliphatic carbocycles. The van der Waals surface area contributed by atoms with Crippen molar-refractivity contribution in [3.8, 4) is 5.75 Å². The summed E-state index contributed by atoms with van der Waals surface area (Å²) in [4.78, 5) is 22.9. The summed E-state index contributed by atoms with van der Waals surface area (Å²) >= 11 is 0. The van der Waals surface area contributed by atoms with Gasteiger partial charge in [-0.1, -0.05) is 18.2 Å². The fraction of sp³-hybridized carbons (Fsp3) is 0.500. The third kappa shape index (κ3) is 8.84. The quantitative estimate of drug-likeness (QED) is 0.756. The Balaban J connectivity index is 2.05. The lowest BCUT2D eigenvalue weighted by Gasteiger charge is -2.19. The first-order chi connectivity index (χ1) is 10.4. The second-order valence-electron chi connectivity index (χ2n) is 5.69. The van der Waals surface area contributed by atoms with Gasteiger partial charge in [-0.15, -0.1) is 0 Å². The van der Waals surface area contributed by atoms with Crippen molar-refractivity contribution in [3.63, 3.8) is 0 Å². The summed E-state index contributed by atoms with van der Waals surface area (Å²) in [7, 11) is 0. The Morgan fingerprint density at radius 1 is 1.05 bits per heavy atom. The van der Waals surface area contributed by atoms with Gasteiger partial charge in [0.05, 0.1) is 13.0 Å². The molecule has 0 aromatic heterocycles. The van der Waals surface area contributed by atoms with Crippen molar-refractivity contribution in [2.45, 2.75) is 32.8 Å². The van der Waals surface area contributed by atoms with Gasteiger partial charge >= 0.3 is 6.09 Å². The van der Waals surface area contributed by atoms with Crippen LogP contribution in [0.1, 0.15) is 27.2 Å². The molecular weight excluding hydrogens is 284 g/mol. The standard InChI is InChI=1S/C16H24N2O4/c1-16(2,3)22-15(20)18-11-10-17-14(19)9-12-21-13-7-5-4-6-8-13/h4-8H,9-12H2,1-3H3,(H,17,19)(H,18,20). The maximum absolute atomic E-state index is 11.6. The van der Waals surface area contributed by atoms with Crippen LogP contribution in [0.25, 0.3) is 0 Å². The van der Waals surface area contributed by atoms with E-state index in [9.17, 15) is 9.59 Å². The molecule has 6 nitrogen and oxygen atoms in total. The molecule has 0 saturated carbocycles. The number of hydrogen-bond donors (Lipinski definition) is 2. The molecule has 0 saturated heterocycles. The molecule has 1 rings (SSSR count). The van der Waals surface area contributed by atoms with E-state index in [0.29, 0.717) is 19.7 Å². The molecule has 2 N–H and O–H groups in total. The zero-order valence-corrected chi connectivity index (χ0v) is 13.3. The molecule has 0 fully saturated rings. The van der Waals surface area contributed by atoms with Crippen molar-refractivity contribution >= 4 is 12.0 Å². The highest BCUT2D eigenvalue weighted by atomic mass is 16.6. The zero-order chi connectivity index (χ0) is 16.4. The summed E-state index contributed by atoms with van der Waals surface area (Å²) in [6.45, 7) is 6.36. The van der Waals surface area contributed by atoms with Crippen LogP contribution in [0.2, 0.25) is 0 Å². The topological polar surface area (TPSA) is 76.7 Å². The van der Waals surface area contributed by atoms with Crippen LogP contribution >= 0.6 is 0 Å². The minimum absolute atomic E-state index is 0.123. The molecule has 22 heavy (non-hydrogen) atoms. The average molecular weight is 308 g/mol. The molecule has 0 atom stereocenters. The number of carbonyl (C=O) groups is 2. The van der Waals surface area contributed by atoms with E-state index in [-0.39, 0.29) is 12.3 Å². The average Bonchev–Trinajstić information content (AvgIpc) is 2.43. The van der Waals surface area contributed by atoms with Gasteiger partial charge in [-0.05, 0) is 32.9 Å². The molecule has 0 heterocycles. The molecule has 1 aromatic carbocycles. The van der Waals surface area contributed by atoms with Gasteiger partial charge in [0.15, 0.2) is 0 Å². The minimum Gasteiger partial charge on any atom is -0.493 e. The Hall–Kier alpha value is -2.24. The number of alkyl carbamates (subject to hydrolysis) is 1. The van der Waals surface area contributed by atoms with Crippen molar-refractivity contribution in [2.24, 2.45) is 0 Å². The lowest BCUT2D eigenvalue weighted by Crippen LogP contribution is -2.38. The summed E-state index contributed by atoms with van der Waals surface area (Å²) in [6.07, 6.45) is -0.226. The van der Waals surface area contributed by atoms with E-state index in [1.807, 2.05) is 30.3 Å². The molecule has 0 aliphatic rings. The lowest BCUT2D eigenvalue weighted by molar-refractivity contribution is -0.121. The van der Waals surface area contributed by atoms with Crippen molar-refractivity contribution in [1.82, 2.24) is 10.6 Å². The Kier molecular flexibility index (Phi) is 7.22. The van der Waals surface area contributed by atoms with Crippen molar-refractivity contribution in [1.29, 1.82) is 0 Å². The van der Waals surface area contributed by atoms with Crippen LogP contribution in [-0.2, 0) is 9.53 Å². The van der Waals surface area contributed by atoms with Crippen LogP contribution in [0.3, 0.4) is 0 Å². The maximum Gasteiger partial charge on any atom is 0.407 e. The van der Waals surface area contributed by atoms with Gasteiger partial charge in [0.25, 0.3) is 0 Å². The van der Waals surface area contributed by atoms with Gasteiger partial charge in [0, 0.05) is 13.1 Å². The van der Waals surface area contributed by atoms with Gasteiger partial charge in [0.2, 0.25) is 5.91 Å². The molecular formula is C16H24N2O4. The second kappa shape index (κ2) is 8.92. The molecule has 0 bridgehead atoms. The highest BCUT2D eigenvalue weighted by Crippen LogP contribution is 2.08. The number of benzene rings is 1. The number of ether oxygens (including phenoxy) is 2. The summed E-state index contributed by atoms with van der Waals surface area (Å²) in [5, 5.41) is 5.27. The normalized spacial score (nSPS) is 10.7. The SMILES string of the molecule is CC(C)(C)OC(=O)NCCNC(=O)CCOc1ccccc1. The number of amides is 2. The first kappa shape index (κ1) is 17.8. The Morgan fingerprint density at radius 3 is 2.32 bits per heavy atom. The number of para-hydroxylation sites is 1. The summed E-state index contributed by atoms with van der Waals surface area (Å²) < 4.78 is 10.5. The lowest BCUT2D eigenvalue weighted by atomic mass is 10.2. The fourth-order valence-electron chi connectivity index (χ4n) is 1.55. The van der Waals surface area contributed by atoms with Crippen LogP contribution in [0.4, 0.5) is 4.79 Å². The van der Waals surface area contributed by atoms with Gasteiger partial charge < -0.3 is 20.1 Å². The predicted molar refractivity (Wildman–Crippen MR) is 83.8 cm³/mol. The van der Waals surface area contributed by atoms with Gasteiger partial charge in [0.1, 0.15) is 11.4 Å². The smallest absolute Gasteiger partial charge is 0.407 e. The van der Waals surface area contributed by atoms with Crippen LogP contribution in [0, 0.1) is 0 Å². The Labute approximate surface area is 131 Å². The Bertz CT molecular complexity index is 469. The summed E-state index contributed by atoms with van der Waals surface area (Å²) in [6, 6.07) is 9.32. The van der Waals surface area contributed by atoms with Crippen LogP contribution in [0.15, 0.2) is 30.3 Å². The van der Waals surface area contributed by atoms with Crippen molar-refractivity contribution < 1.29 is 19.1 Å². The Morgan fingerprint density at radius 2 is 1.68 bits per heavy atom. The van der Waals surface area contributed by atoms with Gasteiger partial charge in [-0.2, -0.15) is 0 Å². The molecule has 0 radical (unpaired) electrons. The number of hydrogen-bond acceptors (Lipinski definition) is 4. The number of carbonyl (C=O) groups excluding carboxylic acids is 2. The second-order valence-corrected chi connectivity index (χ2v) is 5.69. The largest absolute Gasteiger partial charge is 0.493 e. The number of nitrogens with one attached hydrogen (secondary N) is 2. The maximum atomic E-state index is 11.6. The highest BCUT2D eigenvalue weighted by Gasteiger charge is 2.15. The third-order valence-electron chi connectivity index (χ3n) is 2.46. The van der Waals surface area contributed by atoms with Gasteiger partial charge in [-0.25, -0.2) is 4.79 Å².